The fourth-order valence-corrected chi connectivity index (χ4v) is 2.13. The first-order valence-electron chi connectivity index (χ1n) is 5.81. The second-order valence-electron chi connectivity index (χ2n) is 4.92. The maximum atomic E-state index is 9.30. The molecule has 86 valence electrons. The summed E-state index contributed by atoms with van der Waals surface area (Å²) in [5.41, 5.74) is -0.344. The molecule has 3 nitrogen and oxygen atoms in total. The van der Waals surface area contributed by atoms with E-state index in [4.69, 9.17) is 4.74 Å². The van der Waals surface area contributed by atoms with Gasteiger partial charge in [-0.25, -0.2) is 0 Å². The predicted molar refractivity (Wildman–Crippen MR) is 60.4 cm³/mol. The number of hydrogen-bond acceptors (Lipinski definition) is 3. The van der Waals surface area contributed by atoms with Crippen molar-refractivity contribution in [1.82, 2.24) is 5.32 Å². The van der Waals surface area contributed by atoms with E-state index in [0.717, 1.165) is 32.2 Å². The number of rotatable bonds is 4. The van der Waals surface area contributed by atoms with Crippen LogP contribution in [0.3, 0.4) is 0 Å². The summed E-state index contributed by atoms with van der Waals surface area (Å²) in [6.45, 7) is 5.23. The van der Waals surface area contributed by atoms with Crippen molar-refractivity contribution < 1.29 is 4.74 Å². The zero-order valence-corrected chi connectivity index (χ0v) is 10.0. The summed E-state index contributed by atoms with van der Waals surface area (Å²) in [6.07, 6.45) is 4.20. The minimum Gasteiger partial charge on any atom is -0.381 e. The van der Waals surface area contributed by atoms with Crippen LogP contribution in [-0.4, -0.2) is 25.3 Å². The van der Waals surface area contributed by atoms with Crippen molar-refractivity contribution in [1.29, 1.82) is 5.26 Å². The van der Waals surface area contributed by atoms with Crippen molar-refractivity contribution in [3.63, 3.8) is 0 Å². The lowest BCUT2D eigenvalue weighted by atomic mass is 9.81. The van der Waals surface area contributed by atoms with Crippen LogP contribution in [0.2, 0.25) is 0 Å². The van der Waals surface area contributed by atoms with Gasteiger partial charge in [0.05, 0.1) is 12.2 Å². The molecule has 1 saturated carbocycles. The minimum atomic E-state index is -0.344. The zero-order chi connectivity index (χ0) is 11.3. The molecule has 0 heterocycles. The molecule has 1 fully saturated rings. The molecule has 0 saturated heterocycles. The molecule has 0 aromatic rings. The summed E-state index contributed by atoms with van der Waals surface area (Å²) in [5, 5.41) is 12.7. The highest BCUT2D eigenvalue weighted by Gasteiger charge is 2.36. The third kappa shape index (κ3) is 3.48. The van der Waals surface area contributed by atoms with Gasteiger partial charge in [-0.1, -0.05) is 13.8 Å². The Labute approximate surface area is 92.8 Å². The minimum absolute atomic E-state index is 0.248. The van der Waals surface area contributed by atoms with E-state index in [1.807, 2.05) is 0 Å². The van der Waals surface area contributed by atoms with Crippen molar-refractivity contribution in [2.45, 2.75) is 51.2 Å². The van der Waals surface area contributed by atoms with E-state index in [1.54, 1.807) is 7.11 Å². The molecular formula is C12H22N2O. The smallest absolute Gasteiger partial charge is 0.109 e. The number of nitriles is 1. The summed E-state index contributed by atoms with van der Waals surface area (Å²) < 4.78 is 5.36. The lowest BCUT2D eigenvalue weighted by molar-refractivity contribution is 0.0443. The molecular weight excluding hydrogens is 188 g/mol. The van der Waals surface area contributed by atoms with Crippen molar-refractivity contribution in [2.75, 3.05) is 13.7 Å². The van der Waals surface area contributed by atoms with Gasteiger partial charge < -0.3 is 4.74 Å². The quantitative estimate of drug-likeness (QED) is 0.772. The van der Waals surface area contributed by atoms with Gasteiger partial charge in [-0.3, -0.25) is 5.32 Å². The standard InChI is InChI=1S/C12H22N2O/c1-10(2)8-14-12(9-13)6-4-5-11(7-12)15-3/h10-11,14H,4-8H2,1-3H3. The Morgan fingerprint density at radius 3 is 2.87 bits per heavy atom. The fraction of sp³-hybridized carbons (Fsp3) is 0.917. The van der Waals surface area contributed by atoms with E-state index in [9.17, 15) is 5.26 Å². The van der Waals surface area contributed by atoms with Crippen LogP contribution in [0.15, 0.2) is 0 Å². The molecule has 0 radical (unpaired) electrons. The Balaban J connectivity index is 2.55. The maximum Gasteiger partial charge on any atom is 0.109 e. The molecule has 0 aromatic heterocycles. The van der Waals surface area contributed by atoms with Crippen LogP contribution in [0.5, 0.6) is 0 Å². The van der Waals surface area contributed by atoms with Crippen LogP contribution in [0, 0.1) is 17.2 Å². The Kier molecular flexibility index (Phi) is 4.56. The van der Waals surface area contributed by atoms with E-state index >= 15 is 0 Å². The highest BCUT2D eigenvalue weighted by molar-refractivity contribution is 5.10. The van der Waals surface area contributed by atoms with Crippen LogP contribution >= 0.6 is 0 Å². The Bertz CT molecular complexity index is 234. The SMILES string of the molecule is COC1CCCC(C#N)(NCC(C)C)C1. The van der Waals surface area contributed by atoms with Crippen LogP contribution < -0.4 is 5.32 Å². The van der Waals surface area contributed by atoms with Gasteiger partial charge in [-0.15, -0.1) is 0 Å². The normalized spacial score (nSPS) is 31.5. The summed E-state index contributed by atoms with van der Waals surface area (Å²) in [7, 11) is 1.74. The summed E-state index contributed by atoms with van der Waals surface area (Å²) in [4.78, 5) is 0. The predicted octanol–water partition coefficient (Wildman–Crippen LogP) is 2.08. The first-order valence-corrected chi connectivity index (χ1v) is 5.81. The molecule has 0 amide bonds. The lowest BCUT2D eigenvalue weighted by Crippen LogP contribution is -2.50. The largest absolute Gasteiger partial charge is 0.381 e. The van der Waals surface area contributed by atoms with Gasteiger partial charge in [0, 0.05) is 13.5 Å². The van der Waals surface area contributed by atoms with Gasteiger partial charge in [0.1, 0.15) is 5.54 Å². The van der Waals surface area contributed by atoms with Crippen LogP contribution in [0.25, 0.3) is 0 Å². The fourth-order valence-electron chi connectivity index (χ4n) is 2.13. The summed E-state index contributed by atoms with van der Waals surface area (Å²) in [6, 6.07) is 2.45. The first-order chi connectivity index (χ1) is 7.12. The van der Waals surface area contributed by atoms with Crippen molar-refractivity contribution in [2.24, 2.45) is 5.92 Å². The second kappa shape index (κ2) is 5.48. The van der Waals surface area contributed by atoms with Gasteiger partial charge in [-0.2, -0.15) is 5.26 Å². The maximum absolute atomic E-state index is 9.30. The molecule has 1 aliphatic rings. The van der Waals surface area contributed by atoms with E-state index in [0.29, 0.717) is 5.92 Å². The topological polar surface area (TPSA) is 45.0 Å². The second-order valence-corrected chi connectivity index (χ2v) is 4.92. The monoisotopic (exact) mass is 210 g/mol. The average Bonchev–Trinajstić information content (AvgIpc) is 2.26. The molecule has 1 rings (SSSR count). The van der Waals surface area contributed by atoms with E-state index in [2.05, 4.69) is 25.2 Å². The van der Waals surface area contributed by atoms with Crippen molar-refractivity contribution in [3.8, 4) is 6.07 Å². The van der Waals surface area contributed by atoms with Gasteiger partial charge in [0.2, 0.25) is 0 Å². The zero-order valence-electron chi connectivity index (χ0n) is 10.0. The lowest BCUT2D eigenvalue weighted by Gasteiger charge is -2.36. The summed E-state index contributed by atoms with van der Waals surface area (Å²) >= 11 is 0. The van der Waals surface area contributed by atoms with E-state index in [1.165, 1.54) is 0 Å². The molecule has 1 N–H and O–H groups in total. The molecule has 2 unspecified atom stereocenters. The van der Waals surface area contributed by atoms with E-state index < -0.39 is 0 Å². The number of methoxy groups -OCH3 is 1. The number of nitrogens with one attached hydrogen (secondary N) is 1. The first kappa shape index (κ1) is 12.5. The highest BCUT2D eigenvalue weighted by Crippen LogP contribution is 2.29. The third-order valence-electron chi connectivity index (χ3n) is 3.10. The van der Waals surface area contributed by atoms with Crippen LogP contribution in [0.1, 0.15) is 39.5 Å². The van der Waals surface area contributed by atoms with Crippen LogP contribution in [0.4, 0.5) is 0 Å². The Hall–Kier alpha value is -0.590. The Morgan fingerprint density at radius 1 is 1.60 bits per heavy atom. The molecule has 1 aliphatic carbocycles. The number of ether oxygens (including phenoxy) is 1. The van der Waals surface area contributed by atoms with Gasteiger partial charge in [-0.05, 0) is 31.7 Å². The number of nitrogens with zero attached hydrogens (tertiary/aromatic N) is 1. The van der Waals surface area contributed by atoms with E-state index in [-0.39, 0.29) is 11.6 Å². The third-order valence-corrected chi connectivity index (χ3v) is 3.10. The molecule has 3 heteroatoms. The van der Waals surface area contributed by atoms with Crippen molar-refractivity contribution in [3.05, 3.63) is 0 Å². The molecule has 15 heavy (non-hydrogen) atoms. The molecule has 0 spiro atoms. The number of hydrogen-bond donors (Lipinski definition) is 1. The molecule has 0 aromatic carbocycles. The average molecular weight is 210 g/mol. The van der Waals surface area contributed by atoms with Gasteiger partial charge >= 0.3 is 0 Å². The molecule has 2 atom stereocenters. The van der Waals surface area contributed by atoms with Gasteiger partial charge in [0.25, 0.3) is 0 Å². The molecule has 0 aliphatic heterocycles. The molecule has 0 bridgehead atoms. The highest BCUT2D eigenvalue weighted by atomic mass is 16.5. The Morgan fingerprint density at radius 2 is 2.33 bits per heavy atom. The van der Waals surface area contributed by atoms with Crippen molar-refractivity contribution >= 4 is 0 Å². The van der Waals surface area contributed by atoms with Crippen LogP contribution in [-0.2, 0) is 4.74 Å². The van der Waals surface area contributed by atoms with Gasteiger partial charge in [0.15, 0.2) is 0 Å². The summed E-state index contributed by atoms with van der Waals surface area (Å²) in [5.74, 6) is 0.582.